The molecular formula is C7H15FO. The van der Waals surface area contributed by atoms with Crippen molar-refractivity contribution in [1.82, 2.24) is 0 Å². The zero-order chi connectivity index (χ0) is 7.49. The molecule has 0 aliphatic heterocycles. The van der Waals surface area contributed by atoms with Crippen molar-refractivity contribution in [3.05, 3.63) is 0 Å². The Labute approximate surface area is 56.2 Å². The zero-order valence-corrected chi connectivity index (χ0v) is 6.57. The quantitative estimate of drug-likeness (QED) is 0.574. The summed E-state index contributed by atoms with van der Waals surface area (Å²) in [5, 5.41) is 0. The molecule has 1 nitrogen and oxygen atoms in total. The predicted molar refractivity (Wildman–Crippen MR) is 36.3 cm³/mol. The summed E-state index contributed by atoms with van der Waals surface area (Å²) in [6, 6.07) is 0. The molecule has 0 atom stereocenters. The van der Waals surface area contributed by atoms with Crippen molar-refractivity contribution >= 4 is 0 Å². The van der Waals surface area contributed by atoms with Crippen LogP contribution in [-0.4, -0.2) is 18.4 Å². The van der Waals surface area contributed by atoms with Crippen molar-refractivity contribution in [3.63, 3.8) is 0 Å². The highest BCUT2D eigenvalue weighted by atomic mass is 19.1. The monoisotopic (exact) mass is 134 g/mol. The Morgan fingerprint density at radius 3 is 2.00 bits per heavy atom. The minimum Gasteiger partial charge on any atom is -0.376 e. The number of hydrogen-bond acceptors (Lipinski definition) is 1. The van der Waals surface area contributed by atoms with Gasteiger partial charge in [-0.15, -0.1) is 0 Å². The maximum atomic E-state index is 12.6. The molecule has 0 aromatic rings. The third kappa shape index (κ3) is 7.89. The molecule has 0 radical (unpaired) electrons. The number of rotatable bonds is 3. The summed E-state index contributed by atoms with van der Waals surface area (Å²) in [5.74, 6) is 0. The highest BCUT2D eigenvalue weighted by Crippen LogP contribution is 2.08. The van der Waals surface area contributed by atoms with Gasteiger partial charge < -0.3 is 4.74 Å². The van der Waals surface area contributed by atoms with Crippen LogP contribution in [0.3, 0.4) is 0 Å². The molecule has 0 rings (SSSR count). The SMILES string of the molecule is CC(C)OCC(C)(C)F. The molecule has 0 aliphatic carbocycles. The van der Waals surface area contributed by atoms with Crippen LogP contribution in [0.5, 0.6) is 0 Å². The fraction of sp³-hybridized carbons (Fsp3) is 1.00. The topological polar surface area (TPSA) is 9.23 Å². The van der Waals surface area contributed by atoms with Gasteiger partial charge in [0.25, 0.3) is 0 Å². The van der Waals surface area contributed by atoms with Gasteiger partial charge in [-0.1, -0.05) is 0 Å². The van der Waals surface area contributed by atoms with Gasteiger partial charge in [-0.3, -0.25) is 0 Å². The van der Waals surface area contributed by atoms with Gasteiger partial charge in [0, 0.05) is 0 Å². The maximum absolute atomic E-state index is 12.6. The predicted octanol–water partition coefficient (Wildman–Crippen LogP) is 2.16. The van der Waals surface area contributed by atoms with E-state index in [0.29, 0.717) is 0 Å². The fourth-order valence-corrected chi connectivity index (χ4v) is 0.365. The van der Waals surface area contributed by atoms with Gasteiger partial charge in [-0.25, -0.2) is 4.39 Å². The maximum Gasteiger partial charge on any atom is 0.128 e. The van der Waals surface area contributed by atoms with E-state index in [1.165, 1.54) is 13.8 Å². The Bertz CT molecular complexity index is 73.5. The lowest BCUT2D eigenvalue weighted by atomic mass is 10.2. The second-order valence-electron chi connectivity index (χ2n) is 3.08. The van der Waals surface area contributed by atoms with Gasteiger partial charge in [-0.2, -0.15) is 0 Å². The highest BCUT2D eigenvalue weighted by Gasteiger charge is 2.15. The first kappa shape index (κ1) is 8.89. The molecule has 0 unspecified atom stereocenters. The van der Waals surface area contributed by atoms with Crippen LogP contribution in [0.15, 0.2) is 0 Å². The van der Waals surface area contributed by atoms with Gasteiger partial charge in [0.1, 0.15) is 5.67 Å². The summed E-state index contributed by atoms with van der Waals surface area (Å²) in [4.78, 5) is 0. The molecular weight excluding hydrogens is 119 g/mol. The van der Waals surface area contributed by atoms with E-state index in [1.54, 1.807) is 0 Å². The second kappa shape index (κ2) is 3.16. The van der Waals surface area contributed by atoms with Crippen LogP contribution < -0.4 is 0 Å². The van der Waals surface area contributed by atoms with E-state index in [-0.39, 0.29) is 12.7 Å². The Morgan fingerprint density at radius 2 is 1.89 bits per heavy atom. The van der Waals surface area contributed by atoms with Crippen LogP contribution >= 0.6 is 0 Å². The number of ether oxygens (including phenoxy) is 1. The largest absolute Gasteiger partial charge is 0.376 e. The molecule has 9 heavy (non-hydrogen) atoms. The van der Waals surface area contributed by atoms with Gasteiger partial charge in [-0.05, 0) is 27.7 Å². The van der Waals surface area contributed by atoms with Crippen LogP contribution in [-0.2, 0) is 4.74 Å². The molecule has 0 aromatic carbocycles. The van der Waals surface area contributed by atoms with Crippen molar-refractivity contribution in [2.75, 3.05) is 6.61 Å². The molecule has 0 saturated heterocycles. The van der Waals surface area contributed by atoms with Crippen molar-refractivity contribution < 1.29 is 9.13 Å². The van der Waals surface area contributed by atoms with Crippen molar-refractivity contribution in [2.45, 2.75) is 39.5 Å². The average molecular weight is 134 g/mol. The Hall–Kier alpha value is -0.110. The van der Waals surface area contributed by atoms with E-state index < -0.39 is 5.67 Å². The van der Waals surface area contributed by atoms with Crippen LogP contribution in [0.2, 0.25) is 0 Å². The number of halogens is 1. The zero-order valence-electron chi connectivity index (χ0n) is 6.57. The molecule has 0 amide bonds. The summed E-state index contributed by atoms with van der Waals surface area (Å²) in [7, 11) is 0. The number of hydrogen-bond donors (Lipinski definition) is 0. The first-order valence-electron chi connectivity index (χ1n) is 3.22. The lowest BCUT2D eigenvalue weighted by Gasteiger charge is -2.15. The van der Waals surface area contributed by atoms with Gasteiger partial charge in [0.05, 0.1) is 12.7 Å². The minimum atomic E-state index is -1.19. The van der Waals surface area contributed by atoms with E-state index in [4.69, 9.17) is 4.74 Å². The minimum absolute atomic E-state index is 0.125. The standard InChI is InChI=1S/C7H15FO/c1-6(2)9-5-7(3,4)8/h6H,5H2,1-4H3. The van der Waals surface area contributed by atoms with E-state index in [1.807, 2.05) is 13.8 Å². The first-order chi connectivity index (χ1) is 3.92. The normalized spacial score (nSPS) is 12.7. The lowest BCUT2D eigenvalue weighted by molar-refractivity contribution is 0.00347. The van der Waals surface area contributed by atoms with Crippen LogP contribution in [0.25, 0.3) is 0 Å². The van der Waals surface area contributed by atoms with Crippen molar-refractivity contribution in [3.8, 4) is 0 Å². The highest BCUT2D eigenvalue weighted by molar-refractivity contribution is 4.63. The van der Waals surface area contributed by atoms with Crippen molar-refractivity contribution in [2.24, 2.45) is 0 Å². The van der Waals surface area contributed by atoms with Crippen LogP contribution in [0, 0.1) is 0 Å². The molecule has 0 saturated carbocycles. The average Bonchev–Trinajstić information content (AvgIpc) is 1.59. The van der Waals surface area contributed by atoms with Gasteiger partial charge >= 0.3 is 0 Å². The van der Waals surface area contributed by atoms with E-state index in [2.05, 4.69) is 0 Å². The fourth-order valence-electron chi connectivity index (χ4n) is 0.365. The Kier molecular flexibility index (Phi) is 3.12. The summed E-state index contributed by atoms with van der Waals surface area (Å²) < 4.78 is 17.7. The summed E-state index contributed by atoms with van der Waals surface area (Å²) >= 11 is 0. The number of alkyl halides is 1. The molecule has 2 heteroatoms. The van der Waals surface area contributed by atoms with Gasteiger partial charge in [0.15, 0.2) is 0 Å². The molecule has 0 heterocycles. The second-order valence-corrected chi connectivity index (χ2v) is 3.08. The third-order valence-corrected chi connectivity index (χ3v) is 0.760. The molecule has 0 spiro atoms. The lowest BCUT2D eigenvalue weighted by Crippen LogP contribution is -2.22. The molecule has 0 fully saturated rings. The van der Waals surface area contributed by atoms with Crippen molar-refractivity contribution in [1.29, 1.82) is 0 Å². The molecule has 0 aromatic heterocycles. The van der Waals surface area contributed by atoms with E-state index in [0.717, 1.165) is 0 Å². The van der Waals surface area contributed by atoms with E-state index in [9.17, 15) is 4.39 Å². The van der Waals surface area contributed by atoms with E-state index >= 15 is 0 Å². The molecule has 0 aliphatic rings. The smallest absolute Gasteiger partial charge is 0.128 e. The molecule has 0 N–H and O–H groups in total. The first-order valence-corrected chi connectivity index (χ1v) is 3.22. The third-order valence-electron chi connectivity index (χ3n) is 0.760. The Balaban J connectivity index is 3.28. The Morgan fingerprint density at radius 1 is 1.44 bits per heavy atom. The summed E-state index contributed by atoms with van der Waals surface area (Å²) in [5.41, 5.74) is -1.19. The van der Waals surface area contributed by atoms with Gasteiger partial charge in [0.2, 0.25) is 0 Å². The summed E-state index contributed by atoms with van der Waals surface area (Å²) in [6.45, 7) is 6.99. The molecule has 56 valence electrons. The van der Waals surface area contributed by atoms with Crippen LogP contribution in [0.1, 0.15) is 27.7 Å². The molecule has 0 bridgehead atoms. The summed E-state index contributed by atoms with van der Waals surface area (Å²) in [6.07, 6.45) is 0.125. The van der Waals surface area contributed by atoms with Crippen LogP contribution in [0.4, 0.5) is 4.39 Å².